The minimum atomic E-state index is -0.570. The lowest BCUT2D eigenvalue weighted by atomic mass is 10.1. The maximum absolute atomic E-state index is 12.4. The topological polar surface area (TPSA) is 56.1 Å². The number of nitrogens with zero attached hydrogens (tertiary/aromatic N) is 2. The first-order chi connectivity index (χ1) is 12.5. The van der Waals surface area contributed by atoms with Crippen LogP contribution in [0.15, 0.2) is 60.9 Å². The number of hydrogen-bond acceptors (Lipinski definition) is 3. The molecule has 0 bridgehead atoms. The zero-order valence-corrected chi connectivity index (χ0v) is 15.3. The van der Waals surface area contributed by atoms with Gasteiger partial charge < -0.3 is 14.6 Å². The first-order valence-electron chi connectivity index (χ1n) is 8.64. The highest BCUT2D eigenvalue weighted by molar-refractivity contribution is 5.80. The smallest absolute Gasteiger partial charge is 0.261 e. The van der Waals surface area contributed by atoms with Crippen molar-refractivity contribution >= 4 is 5.91 Å². The Balaban J connectivity index is 1.66. The molecular formula is C21H23N3O2. The third kappa shape index (κ3) is 4.11. The van der Waals surface area contributed by atoms with Crippen LogP contribution in [0.5, 0.6) is 5.75 Å². The Labute approximate surface area is 153 Å². The van der Waals surface area contributed by atoms with Crippen molar-refractivity contribution in [3.63, 3.8) is 0 Å². The number of carbonyl (C=O) groups excluding carboxylic acids is 1. The van der Waals surface area contributed by atoms with Gasteiger partial charge in [-0.1, -0.05) is 30.3 Å². The van der Waals surface area contributed by atoms with Gasteiger partial charge in [0.25, 0.3) is 5.91 Å². The summed E-state index contributed by atoms with van der Waals surface area (Å²) in [4.78, 5) is 16.7. The van der Waals surface area contributed by atoms with Gasteiger partial charge in [0.15, 0.2) is 6.10 Å². The fourth-order valence-corrected chi connectivity index (χ4v) is 2.80. The van der Waals surface area contributed by atoms with Gasteiger partial charge in [0.1, 0.15) is 11.6 Å². The number of aromatic nitrogens is 2. The fraction of sp³-hybridized carbons (Fsp3) is 0.238. The molecule has 1 amide bonds. The molecule has 3 rings (SSSR count). The van der Waals surface area contributed by atoms with Crippen molar-refractivity contribution in [2.24, 2.45) is 0 Å². The van der Waals surface area contributed by atoms with Gasteiger partial charge in [-0.2, -0.15) is 0 Å². The summed E-state index contributed by atoms with van der Waals surface area (Å²) in [5.41, 5.74) is 3.12. The van der Waals surface area contributed by atoms with E-state index in [1.54, 1.807) is 13.1 Å². The maximum atomic E-state index is 12.4. The number of imidazole rings is 1. The van der Waals surface area contributed by atoms with Gasteiger partial charge in [0.2, 0.25) is 0 Å². The molecule has 26 heavy (non-hydrogen) atoms. The fourth-order valence-electron chi connectivity index (χ4n) is 2.80. The van der Waals surface area contributed by atoms with Gasteiger partial charge in [0, 0.05) is 18.9 Å². The lowest BCUT2D eigenvalue weighted by molar-refractivity contribution is -0.127. The number of aryl methyl sites for hydroxylation is 2. The van der Waals surface area contributed by atoms with E-state index < -0.39 is 6.10 Å². The van der Waals surface area contributed by atoms with Crippen LogP contribution in [0.2, 0.25) is 0 Å². The van der Waals surface area contributed by atoms with E-state index in [1.807, 2.05) is 73.1 Å². The molecule has 0 aliphatic heterocycles. The van der Waals surface area contributed by atoms with E-state index in [-0.39, 0.29) is 5.91 Å². The van der Waals surface area contributed by atoms with Crippen molar-refractivity contribution in [2.45, 2.75) is 33.4 Å². The number of rotatable bonds is 6. The summed E-state index contributed by atoms with van der Waals surface area (Å²) < 4.78 is 7.75. The van der Waals surface area contributed by atoms with Gasteiger partial charge in [-0.3, -0.25) is 4.79 Å². The van der Waals surface area contributed by atoms with E-state index in [1.165, 1.54) is 0 Å². The van der Waals surface area contributed by atoms with Crippen molar-refractivity contribution in [1.29, 1.82) is 0 Å². The predicted octanol–water partition coefficient (Wildman–Crippen LogP) is 3.57. The molecule has 0 aliphatic rings. The van der Waals surface area contributed by atoms with Crippen LogP contribution in [0.1, 0.15) is 23.9 Å². The molecule has 5 heteroatoms. The van der Waals surface area contributed by atoms with Crippen LogP contribution in [-0.2, 0) is 11.3 Å². The Morgan fingerprint density at radius 3 is 2.73 bits per heavy atom. The first kappa shape index (κ1) is 17.7. The standard InChI is InChI=1S/C21H23N3O2/c1-15-7-6-9-19(13-15)26-16(2)21(25)23-14-18-8-4-5-10-20(18)24-12-11-22-17(24)3/h4-13,16H,14H2,1-3H3,(H,23,25)/t16-/m0/s1. The van der Waals surface area contributed by atoms with Gasteiger partial charge in [-0.15, -0.1) is 0 Å². The molecule has 134 valence electrons. The molecule has 0 unspecified atom stereocenters. The molecule has 0 aliphatic carbocycles. The lowest BCUT2D eigenvalue weighted by Crippen LogP contribution is -2.36. The highest BCUT2D eigenvalue weighted by Crippen LogP contribution is 2.17. The molecular weight excluding hydrogens is 326 g/mol. The number of amides is 1. The molecule has 0 fully saturated rings. The van der Waals surface area contributed by atoms with E-state index in [9.17, 15) is 4.79 Å². The second-order valence-corrected chi connectivity index (χ2v) is 6.27. The monoisotopic (exact) mass is 349 g/mol. The lowest BCUT2D eigenvalue weighted by Gasteiger charge is -2.16. The molecule has 1 aromatic heterocycles. The van der Waals surface area contributed by atoms with E-state index in [0.717, 1.165) is 22.6 Å². The normalized spacial score (nSPS) is 11.8. The SMILES string of the molecule is Cc1cccc(O[C@@H](C)C(=O)NCc2ccccc2-n2ccnc2C)c1. The highest BCUT2D eigenvalue weighted by atomic mass is 16.5. The summed E-state index contributed by atoms with van der Waals surface area (Å²) in [5, 5.41) is 2.96. The van der Waals surface area contributed by atoms with Crippen LogP contribution in [0, 0.1) is 13.8 Å². The molecule has 1 N–H and O–H groups in total. The van der Waals surface area contributed by atoms with Gasteiger partial charge in [-0.25, -0.2) is 4.98 Å². The molecule has 0 saturated heterocycles. The third-order valence-electron chi connectivity index (χ3n) is 4.20. The number of carbonyl (C=O) groups is 1. The summed E-state index contributed by atoms with van der Waals surface area (Å²) in [5.74, 6) is 1.45. The number of benzene rings is 2. The maximum Gasteiger partial charge on any atom is 0.261 e. The van der Waals surface area contributed by atoms with Gasteiger partial charge >= 0.3 is 0 Å². The Hall–Kier alpha value is -3.08. The number of nitrogens with one attached hydrogen (secondary N) is 1. The largest absolute Gasteiger partial charge is 0.481 e. The van der Waals surface area contributed by atoms with Crippen molar-refractivity contribution < 1.29 is 9.53 Å². The molecule has 0 spiro atoms. The quantitative estimate of drug-likeness (QED) is 0.740. The van der Waals surface area contributed by atoms with Crippen molar-refractivity contribution in [2.75, 3.05) is 0 Å². The Morgan fingerprint density at radius 2 is 2.00 bits per heavy atom. The molecule has 1 heterocycles. The van der Waals surface area contributed by atoms with Gasteiger partial charge in [0.05, 0.1) is 5.69 Å². The van der Waals surface area contributed by atoms with E-state index in [2.05, 4.69) is 10.3 Å². The molecule has 0 radical (unpaired) electrons. The van der Waals surface area contributed by atoms with Gasteiger partial charge in [-0.05, 0) is 50.1 Å². The summed E-state index contributed by atoms with van der Waals surface area (Å²) in [7, 11) is 0. The van der Waals surface area contributed by atoms with Crippen LogP contribution < -0.4 is 10.1 Å². The summed E-state index contributed by atoms with van der Waals surface area (Å²) in [6.07, 6.45) is 3.11. The van der Waals surface area contributed by atoms with E-state index in [4.69, 9.17) is 4.74 Å². The van der Waals surface area contributed by atoms with Crippen molar-refractivity contribution in [3.8, 4) is 11.4 Å². The van der Waals surface area contributed by atoms with Crippen LogP contribution in [0.3, 0.4) is 0 Å². The predicted molar refractivity (Wildman–Crippen MR) is 101 cm³/mol. The Morgan fingerprint density at radius 1 is 1.19 bits per heavy atom. The van der Waals surface area contributed by atoms with E-state index >= 15 is 0 Å². The molecule has 5 nitrogen and oxygen atoms in total. The van der Waals surface area contributed by atoms with Crippen LogP contribution in [0.25, 0.3) is 5.69 Å². The third-order valence-corrected chi connectivity index (χ3v) is 4.20. The second kappa shape index (κ2) is 7.87. The molecule has 1 atom stereocenters. The number of para-hydroxylation sites is 1. The Kier molecular flexibility index (Phi) is 5.37. The minimum absolute atomic E-state index is 0.149. The van der Waals surface area contributed by atoms with Crippen molar-refractivity contribution in [1.82, 2.24) is 14.9 Å². The highest BCUT2D eigenvalue weighted by Gasteiger charge is 2.15. The Bertz CT molecular complexity index is 902. The zero-order valence-electron chi connectivity index (χ0n) is 15.3. The average molecular weight is 349 g/mol. The summed E-state index contributed by atoms with van der Waals surface area (Å²) in [6.45, 7) is 6.12. The number of ether oxygens (including phenoxy) is 1. The van der Waals surface area contributed by atoms with E-state index in [0.29, 0.717) is 12.3 Å². The molecule has 3 aromatic rings. The number of hydrogen-bond donors (Lipinski definition) is 1. The minimum Gasteiger partial charge on any atom is -0.481 e. The van der Waals surface area contributed by atoms with Crippen LogP contribution in [0.4, 0.5) is 0 Å². The summed E-state index contributed by atoms with van der Waals surface area (Å²) in [6, 6.07) is 15.6. The van der Waals surface area contributed by atoms with Crippen LogP contribution >= 0.6 is 0 Å². The summed E-state index contributed by atoms with van der Waals surface area (Å²) >= 11 is 0. The van der Waals surface area contributed by atoms with Crippen LogP contribution in [-0.4, -0.2) is 21.6 Å². The second-order valence-electron chi connectivity index (χ2n) is 6.27. The van der Waals surface area contributed by atoms with Crippen molar-refractivity contribution in [3.05, 3.63) is 77.9 Å². The first-order valence-corrected chi connectivity index (χ1v) is 8.64. The average Bonchev–Trinajstić information content (AvgIpc) is 3.05. The zero-order chi connectivity index (χ0) is 18.5. The molecule has 2 aromatic carbocycles. The molecule has 0 saturated carbocycles.